The van der Waals surface area contributed by atoms with Crippen molar-refractivity contribution in [1.82, 2.24) is 5.32 Å². The van der Waals surface area contributed by atoms with Gasteiger partial charge in [0.2, 0.25) is 0 Å². The third-order valence-corrected chi connectivity index (χ3v) is 0.874. The largest absolute Gasteiger partial charge is 2.00 e. The fourth-order valence-electron chi connectivity index (χ4n) is 0.393. The maximum Gasteiger partial charge on any atom is 2.00 e. The van der Waals surface area contributed by atoms with Crippen molar-refractivity contribution >= 4 is 5.97 Å². The van der Waals surface area contributed by atoms with E-state index in [2.05, 4.69) is 19.2 Å². The van der Waals surface area contributed by atoms with Gasteiger partial charge in [-0.25, -0.2) is 0 Å². The van der Waals surface area contributed by atoms with E-state index >= 15 is 0 Å². The molecule has 0 amide bonds. The van der Waals surface area contributed by atoms with Gasteiger partial charge in [-0.3, -0.25) is 4.79 Å². The van der Waals surface area contributed by atoms with Crippen molar-refractivity contribution in [3.8, 4) is 0 Å². The standard InChI is InChI=1S/C7H13O2.C3H8N.W/c1-5-6(8)9-7(2,3)4;1-3-4-2;/h1,5H2,2-4H3;4H,1,3H2,2H3;/q2*-1;+2. The van der Waals surface area contributed by atoms with Crippen LogP contribution in [0.3, 0.4) is 0 Å². The zero-order valence-electron chi connectivity index (χ0n) is 9.55. The first-order chi connectivity index (χ1) is 5.87. The minimum Gasteiger partial charge on any atom is -0.462 e. The summed E-state index contributed by atoms with van der Waals surface area (Å²) in [5, 5.41) is 2.82. The van der Waals surface area contributed by atoms with Gasteiger partial charge >= 0.3 is 21.1 Å². The smallest absolute Gasteiger partial charge is 0.462 e. The molecule has 1 N–H and O–H groups in total. The predicted octanol–water partition coefficient (Wildman–Crippen LogP) is 1.59. The van der Waals surface area contributed by atoms with Gasteiger partial charge in [-0.05, 0) is 27.8 Å². The second-order valence-electron chi connectivity index (χ2n) is 3.44. The summed E-state index contributed by atoms with van der Waals surface area (Å²) in [6.07, 6.45) is 0.206. The first kappa shape index (κ1) is 19.7. The molecule has 0 aromatic carbocycles. The Balaban J connectivity index is -0.000000209. The van der Waals surface area contributed by atoms with Gasteiger partial charge in [0.1, 0.15) is 5.60 Å². The van der Waals surface area contributed by atoms with Crippen molar-refractivity contribution in [3.63, 3.8) is 0 Å². The third-order valence-electron chi connectivity index (χ3n) is 0.874. The molecule has 0 bridgehead atoms. The summed E-state index contributed by atoms with van der Waals surface area (Å²) in [7, 11) is 1.87. The molecule has 0 aliphatic carbocycles. The van der Waals surface area contributed by atoms with Crippen LogP contribution in [0.4, 0.5) is 0 Å². The van der Waals surface area contributed by atoms with Crippen LogP contribution in [0.25, 0.3) is 0 Å². The normalized spacial score (nSPS) is 9.29. The van der Waals surface area contributed by atoms with Gasteiger partial charge in [-0.15, -0.1) is 6.54 Å². The number of ether oxygens (including phenoxy) is 1. The number of rotatable bonds is 2. The minimum absolute atomic E-state index is 0. The van der Waals surface area contributed by atoms with Crippen molar-refractivity contribution in [2.24, 2.45) is 0 Å². The third kappa shape index (κ3) is 22.7. The maximum absolute atomic E-state index is 10.5. The van der Waals surface area contributed by atoms with Crippen LogP contribution in [0.2, 0.25) is 0 Å². The first-order valence-corrected chi connectivity index (χ1v) is 4.32. The molecule has 0 fully saturated rings. The van der Waals surface area contributed by atoms with Crippen molar-refractivity contribution < 1.29 is 30.6 Å². The summed E-state index contributed by atoms with van der Waals surface area (Å²) in [5.41, 5.74) is -0.366. The average molecular weight is 371 g/mol. The van der Waals surface area contributed by atoms with E-state index in [-0.39, 0.29) is 39.1 Å². The maximum atomic E-state index is 10.5. The van der Waals surface area contributed by atoms with Crippen molar-refractivity contribution in [2.45, 2.75) is 32.8 Å². The molecule has 0 heterocycles. The molecule has 84 valence electrons. The van der Waals surface area contributed by atoms with Gasteiger partial charge in [0.25, 0.3) is 5.97 Å². The fourth-order valence-corrected chi connectivity index (χ4v) is 0.393. The average Bonchev–Trinajstić information content (AvgIpc) is 2.02. The summed E-state index contributed by atoms with van der Waals surface area (Å²) >= 11 is 0. The minimum atomic E-state index is -0.366. The zero-order valence-corrected chi connectivity index (χ0v) is 12.5. The van der Waals surface area contributed by atoms with Gasteiger partial charge in [-0.2, -0.15) is 0 Å². The van der Waals surface area contributed by atoms with Crippen LogP contribution >= 0.6 is 0 Å². The van der Waals surface area contributed by atoms with E-state index in [1.54, 1.807) is 0 Å². The molecule has 0 saturated carbocycles. The van der Waals surface area contributed by atoms with E-state index in [0.29, 0.717) is 0 Å². The van der Waals surface area contributed by atoms with Gasteiger partial charge in [0.15, 0.2) is 0 Å². The number of hydrogen-bond donors (Lipinski definition) is 1. The van der Waals surface area contributed by atoms with Crippen molar-refractivity contribution in [1.29, 1.82) is 0 Å². The van der Waals surface area contributed by atoms with E-state index in [9.17, 15) is 4.79 Å². The Labute approximate surface area is 102 Å². The molecular formula is C10H21NO2W. The summed E-state index contributed by atoms with van der Waals surface area (Å²) in [5.74, 6) is -0.248. The molecule has 0 aliphatic rings. The van der Waals surface area contributed by atoms with Crippen LogP contribution in [-0.2, 0) is 30.6 Å². The molecule has 0 spiro atoms. The molecule has 0 aromatic rings. The molecule has 0 unspecified atom stereocenters. The summed E-state index contributed by atoms with van der Waals surface area (Å²) in [6, 6.07) is 0. The Hall–Kier alpha value is 0.118. The number of hydrogen-bond acceptors (Lipinski definition) is 3. The van der Waals surface area contributed by atoms with Crippen LogP contribution in [0, 0.1) is 13.8 Å². The van der Waals surface area contributed by atoms with Gasteiger partial charge in [0.05, 0.1) is 0 Å². The Morgan fingerprint density at radius 1 is 1.36 bits per heavy atom. The number of carbonyl (C=O) groups excluding carboxylic acids is 1. The second kappa shape index (κ2) is 11.2. The van der Waals surface area contributed by atoms with E-state index in [1.807, 2.05) is 27.8 Å². The summed E-state index contributed by atoms with van der Waals surface area (Å²) in [6.45, 7) is 13.2. The summed E-state index contributed by atoms with van der Waals surface area (Å²) in [4.78, 5) is 10.5. The van der Waals surface area contributed by atoms with E-state index in [4.69, 9.17) is 4.74 Å². The Morgan fingerprint density at radius 3 is 1.79 bits per heavy atom. The van der Waals surface area contributed by atoms with E-state index in [0.717, 1.165) is 6.54 Å². The SMILES string of the molecule is [CH2-]CC(=O)OC(C)(C)C.[CH2-]CNC.[W+2]. The molecule has 0 rings (SSSR count). The van der Waals surface area contributed by atoms with E-state index in [1.165, 1.54) is 0 Å². The van der Waals surface area contributed by atoms with Gasteiger partial charge < -0.3 is 23.9 Å². The second-order valence-corrected chi connectivity index (χ2v) is 3.44. The molecule has 0 aromatic heterocycles. The molecule has 0 radical (unpaired) electrons. The fraction of sp³-hybridized carbons (Fsp3) is 0.700. The first-order valence-electron chi connectivity index (χ1n) is 4.32. The van der Waals surface area contributed by atoms with Crippen molar-refractivity contribution in [3.05, 3.63) is 13.8 Å². The Bertz CT molecular complexity index is 131. The van der Waals surface area contributed by atoms with Gasteiger partial charge in [-0.1, -0.05) is 6.42 Å². The number of esters is 1. The van der Waals surface area contributed by atoms with Crippen LogP contribution in [0.15, 0.2) is 0 Å². The monoisotopic (exact) mass is 371 g/mol. The van der Waals surface area contributed by atoms with Crippen molar-refractivity contribution in [2.75, 3.05) is 13.6 Å². The predicted molar refractivity (Wildman–Crippen MR) is 55.1 cm³/mol. The molecule has 0 aliphatic heterocycles. The molecule has 14 heavy (non-hydrogen) atoms. The summed E-state index contributed by atoms with van der Waals surface area (Å²) < 4.78 is 4.89. The topological polar surface area (TPSA) is 38.3 Å². The van der Waals surface area contributed by atoms with Crippen LogP contribution in [-0.4, -0.2) is 25.2 Å². The van der Waals surface area contributed by atoms with Crippen LogP contribution in [0.1, 0.15) is 27.2 Å². The van der Waals surface area contributed by atoms with Crippen LogP contribution < -0.4 is 5.32 Å². The molecule has 0 atom stereocenters. The number of carbonyl (C=O) groups is 1. The molecule has 3 nitrogen and oxygen atoms in total. The van der Waals surface area contributed by atoms with E-state index < -0.39 is 0 Å². The zero-order chi connectivity index (χ0) is 10.9. The number of nitrogens with one attached hydrogen (secondary N) is 1. The molecule has 4 heteroatoms. The molecular weight excluding hydrogens is 350 g/mol. The molecule has 0 saturated heterocycles. The quantitative estimate of drug-likeness (QED) is 0.592. The Morgan fingerprint density at radius 2 is 1.71 bits per heavy atom. The van der Waals surface area contributed by atoms with Crippen LogP contribution in [0.5, 0.6) is 0 Å². The Kier molecular flexibility index (Phi) is 15.7. The van der Waals surface area contributed by atoms with Gasteiger partial charge in [0, 0.05) is 0 Å².